The van der Waals surface area contributed by atoms with E-state index < -0.39 is 0 Å². The second-order valence-electron chi connectivity index (χ2n) is 5.30. The number of nitrogens with one attached hydrogen (secondary N) is 1. The minimum Gasteiger partial charge on any atom is -0.316 e. The van der Waals surface area contributed by atoms with Crippen LogP contribution in [0.2, 0.25) is 0 Å². The van der Waals surface area contributed by atoms with Crippen LogP contribution in [0.1, 0.15) is 23.8 Å². The molecule has 2 rings (SSSR count). The highest BCUT2D eigenvalue weighted by Crippen LogP contribution is 2.26. The Morgan fingerprint density at radius 2 is 1.86 bits per heavy atom. The van der Waals surface area contributed by atoms with Crippen molar-refractivity contribution in [1.82, 2.24) is 5.32 Å². The van der Waals surface area contributed by atoms with E-state index in [1.807, 2.05) is 11.3 Å². The highest BCUT2D eigenvalue weighted by atomic mass is 79.9. The Morgan fingerprint density at radius 1 is 1.10 bits per heavy atom. The van der Waals surface area contributed by atoms with Crippen molar-refractivity contribution >= 4 is 43.2 Å². The van der Waals surface area contributed by atoms with Gasteiger partial charge in [-0.2, -0.15) is 0 Å². The smallest absolute Gasteiger partial charge is 0.0314 e. The van der Waals surface area contributed by atoms with Crippen LogP contribution in [-0.4, -0.2) is 13.1 Å². The highest BCUT2D eigenvalue weighted by molar-refractivity contribution is 9.10. The van der Waals surface area contributed by atoms with E-state index in [1.165, 1.54) is 21.3 Å². The molecule has 0 saturated heterocycles. The summed E-state index contributed by atoms with van der Waals surface area (Å²) in [4.78, 5) is 1.45. The molecule has 1 aromatic carbocycles. The van der Waals surface area contributed by atoms with E-state index in [0.29, 0.717) is 5.92 Å². The van der Waals surface area contributed by atoms with Crippen LogP contribution in [0.5, 0.6) is 0 Å². The molecule has 1 atom stereocenters. The maximum Gasteiger partial charge on any atom is 0.0314 e. The minimum absolute atomic E-state index is 0.632. The van der Waals surface area contributed by atoms with Crippen molar-refractivity contribution in [2.75, 3.05) is 13.1 Å². The maximum atomic E-state index is 3.66. The molecule has 0 radical (unpaired) electrons. The zero-order valence-electron chi connectivity index (χ0n) is 12.2. The fraction of sp³-hybridized carbons (Fsp3) is 0.412. The molecule has 114 valence electrons. The van der Waals surface area contributed by atoms with Gasteiger partial charge in [0.1, 0.15) is 0 Å². The molecule has 21 heavy (non-hydrogen) atoms. The van der Waals surface area contributed by atoms with Gasteiger partial charge in [0.2, 0.25) is 0 Å². The fourth-order valence-electron chi connectivity index (χ4n) is 2.39. The molecule has 0 aliphatic heterocycles. The lowest BCUT2D eigenvalue weighted by Crippen LogP contribution is -2.26. The first-order chi connectivity index (χ1) is 10.2. The minimum atomic E-state index is 0.632. The lowest BCUT2D eigenvalue weighted by atomic mass is 9.95. The third-order valence-electron chi connectivity index (χ3n) is 3.46. The standard InChI is InChI=1S/C17H21Br2NS/c1-2-8-20-12-14(11-17-16(19)7-9-21-17)10-13-3-5-15(18)6-4-13/h3-7,9,14,20H,2,8,10-12H2,1H3. The van der Waals surface area contributed by atoms with Gasteiger partial charge in [0.05, 0.1) is 0 Å². The lowest BCUT2D eigenvalue weighted by Gasteiger charge is -2.17. The Morgan fingerprint density at radius 3 is 2.48 bits per heavy atom. The molecule has 1 N–H and O–H groups in total. The fourth-order valence-corrected chi connectivity index (χ4v) is 4.28. The summed E-state index contributed by atoms with van der Waals surface area (Å²) in [5.41, 5.74) is 1.41. The molecule has 1 aromatic heterocycles. The van der Waals surface area contributed by atoms with Crippen molar-refractivity contribution in [3.63, 3.8) is 0 Å². The first-order valence-corrected chi connectivity index (χ1v) is 9.82. The molecule has 0 aliphatic rings. The molecule has 1 unspecified atom stereocenters. The van der Waals surface area contributed by atoms with Gasteiger partial charge in [-0.1, -0.05) is 35.0 Å². The van der Waals surface area contributed by atoms with Crippen LogP contribution in [0.25, 0.3) is 0 Å². The van der Waals surface area contributed by atoms with Crippen LogP contribution in [-0.2, 0) is 12.8 Å². The molecule has 0 aliphatic carbocycles. The Bertz CT molecular complexity index is 536. The molecule has 2 aromatic rings. The van der Waals surface area contributed by atoms with E-state index in [0.717, 1.165) is 30.4 Å². The van der Waals surface area contributed by atoms with E-state index in [4.69, 9.17) is 0 Å². The summed E-state index contributed by atoms with van der Waals surface area (Å²) in [5.74, 6) is 0.632. The number of hydrogen-bond acceptors (Lipinski definition) is 2. The molecule has 0 fully saturated rings. The number of thiophene rings is 1. The van der Waals surface area contributed by atoms with Crippen molar-refractivity contribution in [2.24, 2.45) is 5.92 Å². The van der Waals surface area contributed by atoms with Gasteiger partial charge in [0.25, 0.3) is 0 Å². The van der Waals surface area contributed by atoms with Crippen molar-refractivity contribution in [2.45, 2.75) is 26.2 Å². The van der Waals surface area contributed by atoms with Gasteiger partial charge < -0.3 is 5.32 Å². The van der Waals surface area contributed by atoms with Gasteiger partial charge in [0, 0.05) is 13.8 Å². The van der Waals surface area contributed by atoms with Gasteiger partial charge >= 0.3 is 0 Å². The van der Waals surface area contributed by atoms with Crippen molar-refractivity contribution in [3.05, 3.63) is 55.1 Å². The van der Waals surface area contributed by atoms with E-state index >= 15 is 0 Å². The first kappa shape index (κ1) is 17.2. The molecule has 0 amide bonds. The third-order valence-corrected chi connectivity index (χ3v) is 5.94. The normalized spacial score (nSPS) is 12.5. The largest absolute Gasteiger partial charge is 0.316 e. The molecule has 0 saturated carbocycles. The van der Waals surface area contributed by atoms with Crippen LogP contribution in [0.15, 0.2) is 44.7 Å². The summed E-state index contributed by atoms with van der Waals surface area (Å²) in [5, 5.41) is 5.74. The molecule has 0 bridgehead atoms. The van der Waals surface area contributed by atoms with Gasteiger partial charge in [-0.05, 0) is 83.3 Å². The van der Waals surface area contributed by atoms with Crippen LogP contribution in [0, 0.1) is 5.92 Å². The van der Waals surface area contributed by atoms with E-state index in [1.54, 1.807) is 0 Å². The maximum absolute atomic E-state index is 3.66. The van der Waals surface area contributed by atoms with E-state index in [-0.39, 0.29) is 0 Å². The number of rotatable bonds is 8. The zero-order chi connectivity index (χ0) is 15.1. The predicted octanol–water partition coefficient (Wildman–Crippen LogP) is 5.67. The van der Waals surface area contributed by atoms with Crippen molar-refractivity contribution in [3.8, 4) is 0 Å². The zero-order valence-corrected chi connectivity index (χ0v) is 16.2. The summed E-state index contributed by atoms with van der Waals surface area (Å²) in [6, 6.07) is 10.9. The second kappa shape index (κ2) is 9.09. The van der Waals surface area contributed by atoms with Crippen molar-refractivity contribution in [1.29, 1.82) is 0 Å². The third kappa shape index (κ3) is 5.85. The van der Waals surface area contributed by atoms with Gasteiger partial charge in [0.15, 0.2) is 0 Å². The average molecular weight is 431 g/mol. The Kier molecular flexibility index (Phi) is 7.44. The van der Waals surface area contributed by atoms with Crippen LogP contribution >= 0.6 is 43.2 Å². The monoisotopic (exact) mass is 429 g/mol. The van der Waals surface area contributed by atoms with E-state index in [9.17, 15) is 0 Å². The van der Waals surface area contributed by atoms with Gasteiger partial charge in [-0.3, -0.25) is 0 Å². The lowest BCUT2D eigenvalue weighted by molar-refractivity contribution is 0.473. The first-order valence-electron chi connectivity index (χ1n) is 7.36. The molecular weight excluding hydrogens is 410 g/mol. The SMILES string of the molecule is CCCNCC(Cc1ccc(Br)cc1)Cc1sccc1Br. The topological polar surface area (TPSA) is 12.0 Å². The quantitative estimate of drug-likeness (QED) is 0.531. The van der Waals surface area contributed by atoms with Gasteiger partial charge in [-0.15, -0.1) is 11.3 Å². The van der Waals surface area contributed by atoms with Crippen LogP contribution < -0.4 is 5.32 Å². The predicted molar refractivity (Wildman–Crippen MR) is 100 cm³/mol. The van der Waals surface area contributed by atoms with Gasteiger partial charge in [-0.25, -0.2) is 0 Å². The molecule has 1 heterocycles. The summed E-state index contributed by atoms with van der Waals surface area (Å²) in [6.07, 6.45) is 3.44. The molecule has 4 heteroatoms. The summed E-state index contributed by atoms with van der Waals surface area (Å²) >= 11 is 9.01. The number of hydrogen-bond donors (Lipinski definition) is 1. The molecular formula is C17H21Br2NS. The van der Waals surface area contributed by atoms with E-state index in [2.05, 4.69) is 79.8 Å². The number of benzene rings is 1. The van der Waals surface area contributed by atoms with Crippen LogP contribution in [0.4, 0.5) is 0 Å². The van der Waals surface area contributed by atoms with Crippen molar-refractivity contribution < 1.29 is 0 Å². The highest BCUT2D eigenvalue weighted by Gasteiger charge is 2.13. The Balaban J connectivity index is 2.00. The molecule has 0 spiro atoms. The summed E-state index contributed by atoms with van der Waals surface area (Å²) in [7, 11) is 0. The Labute approximate surface area is 148 Å². The Hall–Kier alpha value is -0.160. The summed E-state index contributed by atoms with van der Waals surface area (Å²) < 4.78 is 2.40. The summed E-state index contributed by atoms with van der Waals surface area (Å²) in [6.45, 7) is 4.39. The second-order valence-corrected chi connectivity index (χ2v) is 8.07. The van der Waals surface area contributed by atoms with Crippen LogP contribution in [0.3, 0.4) is 0 Å². The average Bonchev–Trinajstić information content (AvgIpc) is 2.87. The number of halogens is 2. The molecule has 1 nitrogen and oxygen atoms in total.